The quantitative estimate of drug-likeness (QED) is 0.0589. The van der Waals surface area contributed by atoms with E-state index in [4.69, 9.17) is 5.11 Å². The number of aromatic amines is 5. The van der Waals surface area contributed by atoms with E-state index < -0.39 is 35.9 Å². The van der Waals surface area contributed by atoms with E-state index in [1.165, 1.54) is 10.5 Å². The first-order chi connectivity index (χ1) is 57.8. The second-order valence-corrected chi connectivity index (χ2v) is 31.8. The third-order valence-corrected chi connectivity index (χ3v) is 23.5. The molecule has 2 atom stereocenters. The van der Waals surface area contributed by atoms with Crippen molar-refractivity contribution in [2.45, 2.75) is 112 Å². The van der Waals surface area contributed by atoms with Crippen LogP contribution in [0.2, 0.25) is 0 Å². The lowest BCUT2D eigenvalue weighted by atomic mass is 9.96. The average Bonchev–Trinajstić information content (AvgIpc) is 0.879. The van der Waals surface area contributed by atoms with Gasteiger partial charge in [0.05, 0.1) is 63.9 Å². The van der Waals surface area contributed by atoms with Crippen molar-refractivity contribution in [3.63, 3.8) is 0 Å². The molecule has 0 spiro atoms. The Hall–Kier alpha value is -13.4. The molecule has 4 aromatic carbocycles. The number of hydrogen-bond donors (Lipinski definition) is 9. The minimum absolute atomic E-state index is 0.154. The zero-order valence-electron chi connectivity index (χ0n) is 68.8. The van der Waals surface area contributed by atoms with E-state index in [0.717, 1.165) is 148 Å². The number of rotatable bonds is 18. The first-order valence-corrected chi connectivity index (χ1v) is 40.2. The molecule has 8 aliphatic rings. The fourth-order valence-corrected chi connectivity index (χ4v) is 16.2. The van der Waals surface area contributed by atoms with Gasteiger partial charge in [-0.2, -0.15) is 5.21 Å². The number of tetrazole rings is 1. The number of piperazine rings is 1. The van der Waals surface area contributed by atoms with Crippen molar-refractivity contribution in [3.05, 3.63) is 184 Å². The van der Waals surface area contributed by atoms with Crippen LogP contribution in [0.25, 0.3) is 26.3 Å². The highest BCUT2D eigenvalue weighted by Crippen LogP contribution is 2.41. The number of aliphatic carboxylic acids is 3. The van der Waals surface area contributed by atoms with Gasteiger partial charge in [0.1, 0.15) is 35.0 Å². The largest absolute Gasteiger partial charge is 0.481 e. The maximum Gasteiger partial charge on any atom is 0.323 e. The van der Waals surface area contributed by atoms with Crippen molar-refractivity contribution >= 4 is 125 Å². The van der Waals surface area contributed by atoms with Crippen molar-refractivity contribution in [1.29, 1.82) is 0 Å². The van der Waals surface area contributed by atoms with Gasteiger partial charge in [0.2, 0.25) is 11.8 Å². The highest BCUT2D eigenvalue weighted by molar-refractivity contribution is 5.94. The summed E-state index contributed by atoms with van der Waals surface area (Å²) in [7, 11) is 0. The van der Waals surface area contributed by atoms with Gasteiger partial charge < -0.3 is 79.8 Å². The molecule has 0 unspecified atom stereocenters. The van der Waals surface area contributed by atoms with Crippen LogP contribution in [-0.4, -0.2) is 229 Å². The van der Waals surface area contributed by atoms with E-state index in [1.807, 2.05) is 74.8 Å². The molecule has 1 aliphatic carbocycles. The summed E-state index contributed by atoms with van der Waals surface area (Å²) in [5.74, 6) is -0.784. The molecule has 9 aromatic rings. The molecule has 5 aromatic heterocycles. The van der Waals surface area contributed by atoms with Crippen LogP contribution < -0.4 is 90.5 Å². The number of carbonyl (C=O) groups is 5. The predicted octanol–water partition coefficient (Wildman–Crippen LogP) is 1.59. The number of carboxylic acids is 3. The summed E-state index contributed by atoms with van der Waals surface area (Å²) in [5, 5.41) is 46.3. The van der Waals surface area contributed by atoms with E-state index in [2.05, 4.69) is 166 Å². The van der Waals surface area contributed by atoms with E-state index in [1.54, 1.807) is 4.90 Å². The van der Waals surface area contributed by atoms with Gasteiger partial charge in [0.25, 0.3) is 22.2 Å². The van der Waals surface area contributed by atoms with Crippen molar-refractivity contribution in [2.75, 3.05) is 118 Å². The number of fused-ring (bicyclic) bond motifs is 8. The third-order valence-electron chi connectivity index (χ3n) is 23.5. The van der Waals surface area contributed by atoms with E-state index in [0.29, 0.717) is 119 Å². The number of aromatic nitrogens is 12. The number of nitrogens with one attached hydrogen (secondary N) is 6. The number of anilines is 8. The number of H-pyrrole nitrogens is 5. The van der Waals surface area contributed by atoms with E-state index in [9.17, 15) is 53.4 Å². The van der Waals surface area contributed by atoms with Crippen LogP contribution in [-0.2, 0) is 24.0 Å². The molecule has 9 N–H and O–H groups in total. The molecule has 37 heteroatoms. The number of benzene rings is 4. The summed E-state index contributed by atoms with van der Waals surface area (Å²) < 4.78 is 0. The van der Waals surface area contributed by atoms with Crippen molar-refractivity contribution in [2.24, 2.45) is 31.8 Å². The van der Waals surface area contributed by atoms with Gasteiger partial charge in [0, 0.05) is 64.3 Å². The Morgan fingerprint density at radius 1 is 0.430 bits per heavy atom. The minimum atomic E-state index is -1.17. The first kappa shape index (κ1) is 84.0. The van der Waals surface area contributed by atoms with Gasteiger partial charge in [0.15, 0.2) is 50.5 Å². The maximum atomic E-state index is 12.6. The summed E-state index contributed by atoms with van der Waals surface area (Å²) in [4.78, 5) is 170. The van der Waals surface area contributed by atoms with E-state index in [-0.39, 0.29) is 77.5 Å². The standard InChI is InChI=1S/C21H25N9O.C21H22N6O5.2C21H25N5O3/c1-12-10-16-17(11-13(12)2)30(20-18(24-16)21(31)23-14(3)22-20)9-8-29-6-4-15(5-7-29)19-25-27-28-26-19;1-11-6-14-15(7-12(11)2)27(20-19(24-14)21(32)23-13(3)22-20)5-4-25-8-17(29)26(9-16(25)28)10-18(30)31;1-12-10-16-17(11-13(12)2)26(19-18(24-16)20(27)23-14(3)22-19)9-8-25-6-4-15(5-7-25)21(28)29;1-11-8-16-17(9-12(11)2)26(19-18(25-16)20(27)24-13(3)23-19)7-6-22-15-5-4-14(10-15)21(28)29/h10-11,15H,3-9H2,1-2H3,(H,23,31)(H,25,26,27,28);6-7H,3-5,8-10H2,1-2H3,(H,23,32)(H,30,31);10-11,15H,3-9H2,1-2H3,(H,23,27)(H,28,29);8-9,14-15,22H,3-7,10H2,1-2H3,(H,24,27)(H,28,29)/t;;;14-,15+/m...1/s1. The number of aryl methyl sites for hydroxylation is 8. The van der Waals surface area contributed by atoms with Crippen LogP contribution in [0.5, 0.6) is 0 Å². The fraction of sp³-hybridized carbons (Fsp3) is 0.405. The summed E-state index contributed by atoms with van der Waals surface area (Å²) in [5.41, 5.74) is 15.2. The van der Waals surface area contributed by atoms with Crippen LogP contribution in [0.4, 0.5) is 68.8 Å². The minimum Gasteiger partial charge on any atom is -0.481 e. The van der Waals surface area contributed by atoms with Gasteiger partial charge in [-0.05, 0) is 220 Å². The average molecular weight is 1650 g/mol. The Morgan fingerprint density at radius 2 is 0.777 bits per heavy atom. The number of likely N-dealkylation sites (tertiary alicyclic amines) is 2. The Bertz CT molecular complexity index is 6380. The Labute approximate surface area is 691 Å². The summed E-state index contributed by atoms with van der Waals surface area (Å²) >= 11 is 0. The summed E-state index contributed by atoms with van der Waals surface area (Å²) in [6, 6.07) is 16.3. The molecule has 0 bridgehead atoms. The van der Waals surface area contributed by atoms with Crippen molar-refractivity contribution in [1.82, 2.24) is 85.4 Å². The first-order valence-electron chi connectivity index (χ1n) is 40.2. The SMILES string of the molecule is C=c1nc2c(c(=O)[nH]1)=Nc1cc(C)c(C)cc1N2CCN1CC(=O)N(CC(=O)O)CC1=O.C=c1nc2c(c(=O)[nH]1)=Nc1cc(C)c(C)cc1N2CCN1CCC(C(=O)O)CC1.C=c1nc2c(c(=O)[nH]1)=Nc1cc(C)c(C)cc1N2CCN1CCC(c2nn[nH]n2)CC1.C=c1nc2c(c(=O)[nH]1)=Nc1cc(C)c(C)cc1N2CCN[C@H]1CC[C@@H](C(=O)O)C1. The van der Waals surface area contributed by atoms with Crippen LogP contribution in [0.3, 0.4) is 0 Å². The second kappa shape index (κ2) is 35.3. The van der Waals surface area contributed by atoms with E-state index >= 15 is 0 Å². The molecule has 37 nitrogen and oxygen atoms in total. The number of carboxylic acid groups (broad SMARTS) is 3. The van der Waals surface area contributed by atoms with Gasteiger partial charge >= 0.3 is 17.9 Å². The van der Waals surface area contributed by atoms with Gasteiger partial charge in [-0.25, -0.2) is 39.9 Å². The highest BCUT2D eigenvalue weighted by Gasteiger charge is 2.36. The van der Waals surface area contributed by atoms with Gasteiger partial charge in [-0.15, -0.1) is 10.2 Å². The Kier molecular flexibility index (Phi) is 24.5. The van der Waals surface area contributed by atoms with Crippen molar-refractivity contribution in [3.8, 4) is 0 Å². The normalized spacial score (nSPS) is 17.2. The summed E-state index contributed by atoms with van der Waals surface area (Å²) in [6.07, 6.45) is 5.55. The molecule has 121 heavy (non-hydrogen) atoms. The molecule has 12 heterocycles. The third kappa shape index (κ3) is 18.4. The lowest BCUT2D eigenvalue weighted by Gasteiger charge is -2.35. The number of hydrogen-bond acceptors (Lipinski definition) is 27. The molecule has 2 amide bonds. The molecule has 7 aliphatic heterocycles. The van der Waals surface area contributed by atoms with Crippen LogP contribution >= 0.6 is 0 Å². The molecule has 1 saturated carbocycles. The monoisotopic (exact) mass is 1650 g/mol. The lowest BCUT2D eigenvalue weighted by Crippen LogP contribution is -2.56. The predicted molar refractivity (Wildman–Crippen MR) is 452 cm³/mol. The number of amides is 2. The van der Waals surface area contributed by atoms with Gasteiger partial charge in [-0.3, -0.25) is 43.2 Å². The smallest absolute Gasteiger partial charge is 0.323 e. The topological polar surface area (TPSA) is 471 Å². The number of piperidine rings is 2. The highest BCUT2D eigenvalue weighted by atomic mass is 16.4. The zero-order valence-corrected chi connectivity index (χ0v) is 68.8. The molecular weight excluding hydrogens is 1550 g/mol. The molecule has 3 saturated heterocycles. The lowest BCUT2D eigenvalue weighted by molar-refractivity contribution is -0.154. The molecule has 4 fully saturated rings. The van der Waals surface area contributed by atoms with Gasteiger partial charge in [-0.1, -0.05) is 31.5 Å². The molecular formula is C84H97N25O12. The fourth-order valence-electron chi connectivity index (χ4n) is 16.2. The number of carbonyl (C=O) groups excluding carboxylic acids is 2. The maximum absolute atomic E-state index is 12.6. The Balaban J connectivity index is 0.000000132. The number of nitrogens with zero attached hydrogens (tertiary/aromatic N) is 19. The van der Waals surface area contributed by atoms with Crippen LogP contribution in [0, 0.1) is 67.2 Å². The molecule has 17 rings (SSSR count). The Morgan fingerprint density at radius 3 is 1.13 bits per heavy atom. The van der Waals surface area contributed by atoms with Crippen LogP contribution in [0.1, 0.15) is 101 Å². The van der Waals surface area contributed by atoms with Crippen LogP contribution in [0.15, 0.2) is 87.7 Å². The second-order valence-electron chi connectivity index (χ2n) is 31.8. The summed E-state index contributed by atoms with van der Waals surface area (Å²) in [6.45, 7) is 38.4. The molecule has 630 valence electrons. The van der Waals surface area contributed by atoms with Crippen molar-refractivity contribution < 1.29 is 39.3 Å². The molecule has 0 radical (unpaired) electrons. The zero-order chi connectivity index (χ0) is 86.1.